The van der Waals surface area contributed by atoms with Crippen molar-refractivity contribution in [3.05, 3.63) is 35.9 Å². The molecule has 1 aromatic carbocycles. The molecule has 6 heteroatoms. The number of hydrogen-bond acceptors (Lipinski definition) is 3. The van der Waals surface area contributed by atoms with Gasteiger partial charge < -0.3 is 5.32 Å². The van der Waals surface area contributed by atoms with Gasteiger partial charge in [-0.3, -0.25) is 14.5 Å². The zero-order chi connectivity index (χ0) is 14.8. The maximum absolute atomic E-state index is 12.7. The van der Waals surface area contributed by atoms with Crippen LogP contribution in [0.5, 0.6) is 0 Å². The molecule has 0 aromatic heterocycles. The molecule has 1 radical (unpaired) electrons. The minimum Gasteiger partial charge on any atom is -0.302 e. The molecule has 1 fully saturated rings. The zero-order valence-electron chi connectivity index (χ0n) is 12.7. The van der Waals surface area contributed by atoms with Crippen molar-refractivity contribution in [3.63, 3.8) is 0 Å². The molecule has 2 rings (SSSR count). The first-order valence-corrected chi connectivity index (χ1v) is 7.17. The Morgan fingerprint density at radius 1 is 1.19 bits per heavy atom. The molecule has 1 atom stereocenters. The molecule has 2 amide bonds. The molecule has 1 aromatic rings. The topological polar surface area (TPSA) is 49.4 Å². The van der Waals surface area contributed by atoms with Gasteiger partial charge in [0.25, 0.3) is 0 Å². The fourth-order valence-corrected chi connectivity index (χ4v) is 2.86. The number of rotatable bonds is 4. The second kappa shape index (κ2) is 7.49. The summed E-state index contributed by atoms with van der Waals surface area (Å²) in [6, 6.07) is 9.60. The van der Waals surface area contributed by atoms with Gasteiger partial charge in [-0.05, 0) is 37.5 Å². The van der Waals surface area contributed by atoms with Gasteiger partial charge in [-0.15, -0.1) is 0 Å². The zero-order valence-corrected chi connectivity index (χ0v) is 15.5. The van der Waals surface area contributed by atoms with Crippen molar-refractivity contribution in [3.8, 4) is 0 Å². The molecule has 1 saturated heterocycles. The van der Waals surface area contributed by atoms with E-state index in [4.69, 9.17) is 12.2 Å². The van der Waals surface area contributed by atoms with Gasteiger partial charge in [-0.25, -0.2) is 0 Å². The third kappa shape index (κ3) is 3.37. The molecule has 0 saturated carbocycles. The van der Waals surface area contributed by atoms with Crippen LogP contribution in [0.2, 0.25) is 0 Å². The monoisotopic (exact) mass is 313 g/mol. The first-order valence-electron chi connectivity index (χ1n) is 6.76. The van der Waals surface area contributed by atoms with E-state index in [1.807, 2.05) is 44.2 Å². The van der Waals surface area contributed by atoms with Crippen LogP contribution in [-0.2, 0) is 16.0 Å². The number of amides is 2. The molecule has 4 nitrogen and oxygen atoms in total. The van der Waals surface area contributed by atoms with Crippen molar-refractivity contribution in [2.75, 3.05) is 6.54 Å². The van der Waals surface area contributed by atoms with E-state index in [9.17, 15) is 9.59 Å². The van der Waals surface area contributed by atoms with Crippen molar-refractivity contribution < 1.29 is 9.59 Å². The summed E-state index contributed by atoms with van der Waals surface area (Å²) in [5.74, 6) is -0.483. The number of benzene rings is 1. The second-order valence-electron chi connectivity index (χ2n) is 4.91. The van der Waals surface area contributed by atoms with Gasteiger partial charge in [0.15, 0.2) is 5.11 Å². The minimum atomic E-state index is -1.06. The van der Waals surface area contributed by atoms with Crippen LogP contribution < -0.4 is 5.32 Å². The van der Waals surface area contributed by atoms with Gasteiger partial charge in [0.2, 0.25) is 11.8 Å². The standard InChI is InChI=1S/C15H18N2O2S.Na/c1-3-15(10-11-8-6-5-7-9-11)12(18)16-14(20)17(4-2)13(15)19;/h5-9H,3-4,10H2,1-2H3,(H,16,18,20);. The Hall–Kier alpha value is -0.750. The van der Waals surface area contributed by atoms with Gasteiger partial charge in [-0.1, -0.05) is 37.3 Å². The normalized spacial score (nSPS) is 21.8. The van der Waals surface area contributed by atoms with Crippen molar-refractivity contribution in [1.82, 2.24) is 10.2 Å². The number of nitrogens with zero attached hydrogens (tertiary/aromatic N) is 1. The maximum atomic E-state index is 12.7. The molecule has 1 N–H and O–H groups in total. The van der Waals surface area contributed by atoms with Crippen molar-refractivity contribution >= 4 is 58.7 Å². The van der Waals surface area contributed by atoms with Crippen LogP contribution >= 0.6 is 12.2 Å². The van der Waals surface area contributed by atoms with E-state index in [0.717, 1.165) is 5.56 Å². The molecular weight excluding hydrogens is 295 g/mol. The van der Waals surface area contributed by atoms with E-state index >= 15 is 0 Å². The molecule has 0 aliphatic carbocycles. The summed E-state index contributed by atoms with van der Waals surface area (Å²) in [6.45, 7) is 4.18. The van der Waals surface area contributed by atoms with Gasteiger partial charge in [0, 0.05) is 36.1 Å². The average Bonchev–Trinajstić information content (AvgIpc) is 2.45. The summed E-state index contributed by atoms with van der Waals surface area (Å²) in [5, 5.41) is 2.88. The van der Waals surface area contributed by atoms with Crippen molar-refractivity contribution in [1.29, 1.82) is 0 Å². The Bertz CT molecular complexity index is 550. The van der Waals surface area contributed by atoms with E-state index < -0.39 is 5.41 Å². The maximum Gasteiger partial charge on any atom is 0.244 e. The molecular formula is C15H18N2NaO2S. The second-order valence-corrected chi connectivity index (χ2v) is 5.29. The van der Waals surface area contributed by atoms with Crippen LogP contribution in [0, 0.1) is 5.41 Å². The van der Waals surface area contributed by atoms with Crippen LogP contribution in [0.3, 0.4) is 0 Å². The molecule has 21 heavy (non-hydrogen) atoms. The summed E-state index contributed by atoms with van der Waals surface area (Å²) < 4.78 is 0. The SMILES string of the molecule is CCN1C(=O)C(CC)(Cc2ccccc2)C(=O)NC1=S.[Na]. The van der Waals surface area contributed by atoms with Crippen molar-refractivity contribution in [2.24, 2.45) is 5.41 Å². The molecule has 0 bridgehead atoms. The minimum absolute atomic E-state index is 0. The summed E-state index contributed by atoms with van der Waals surface area (Å²) in [5.41, 5.74) is -0.0821. The third-order valence-electron chi connectivity index (χ3n) is 3.82. The third-order valence-corrected chi connectivity index (χ3v) is 4.15. The quantitative estimate of drug-likeness (QED) is 0.521. The first kappa shape index (κ1) is 18.3. The Morgan fingerprint density at radius 2 is 1.81 bits per heavy atom. The molecule has 107 valence electrons. The van der Waals surface area contributed by atoms with E-state index in [0.29, 0.717) is 19.4 Å². The molecule has 1 aliphatic heterocycles. The molecule has 1 aliphatic rings. The van der Waals surface area contributed by atoms with Crippen LogP contribution in [0.1, 0.15) is 25.8 Å². The van der Waals surface area contributed by atoms with E-state index in [1.165, 1.54) is 4.90 Å². The van der Waals surface area contributed by atoms with Gasteiger partial charge in [0.1, 0.15) is 5.41 Å². The largest absolute Gasteiger partial charge is 0.302 e. The smallest absolute Gasteiger partial charge is 0.244 e. The summed E-state index contributed by atoms with van der Waals surface area (Å²) in [7, 11) is 0. The molecule has 0 spiro atoms. The van der Waals surface area contributed by atoms with Crippen LogP contribution in [0.4, 0.5) is 0 Å². The Balaban J connectivity index is 0.00000220. The molecule has 1 heterocycles. The van der Waals surface area contributed by atoms with E-state index in [1.54, 1.807) is 0 Å². The number of thiocarbonyl (C=S) groups is 1. The number of carbonyl (C=O) groups is 2. The summed E-state index contributed by atoms with van der Waals surface area (Å²) >= 11 is 5.07. The number of carbonyl (C=O) groups excluding carboxylic acids is 2. The van der Waals surface area contributed by atoms with Crippen molar-refractivity contribution in [2.45, 2.75) is 26.7 Å². The summed E-state index contributed by atoms with van der Waals surface area (Å²) in [4.78, 5) is 26.6. The molecule has 1 unspecified atom stereocenters. The predicted molar refractivity (Wildman–Crippen MR) is 86.8 cm³/mol. The van der Waals surface area contributed by atoms with Crippen LogP contribution in [0.25, 0.3) is 0 Å². The van der Waals surface area contributed by atoms with E-state index in [2.05, 4.69) is 5.32 Å². The average molecular weight is 313 g/mol. The van der Waals surface area contributed by atoms with Gasteiger partial charge in [-0.2, -0.15) is 0 Å². The van der Waals surface area contributed by atoms with Crippen LogP contribution in [0.15, 0.2) is 30.3 Å². The van der Waals surface area contributed by atoms with Crippen LogP contribution in [-0.4, -0.2) is 57.9 Å². The Labute approximate surface area is 152 Å². The number of hydrogen-bond donors (Lipinski definition) is 1. The van der Waals surface area contributed by atoms with E-state index in [-0.39, 0.29) is 46.5 Å². The first-order chi connectivity index (χ1) is 9.55. The van der Waals surface area contributed by atoms with Gasteiger partial charge >= 0.3 is 0 Å². The fourth-order valence-electron chi connectivity index (χ4n) is 2.56. The van der Waals surface area contributed by atoms with Gasteiger partial charge in [0.05, 0.1) is 0 Å². The Morgan fingerprint density at radius 3 is 2.33 bits per heavy atom. The fraction of sp³-hybridized carbons (Fsp3) is 0.400. The summed E-state index contributed by atoms with van der Waals surface area (Å²) in [6.07, 6.45) is 0.847. The number of nitrogens with one attached hydrogen (secondary N) is 1. The Kier molecular flexibility index (Phi) is 6.53. The predicted octanol–water partition coefficient (Wildman–Crippen LogP) is 1.51.